The summed E-state index contributed by atoms with van der Waals surface area (Å²) in [6, 6.07) is 9.58. The van der Waals surface area contributed by atoms with Gasteiger partial charge in [-0.15, -0.1) is 0 Å². The maximum atomic E-state index is 12.1. The number of carbonyl (C=O) groups is 2. The van der Waals surface area contributed by atoms with Gasteiger partial charge in [-0.25, -0.2) is 9.59 Å². The predicted molar refractivity (Wildman–Crippen MR) is 127 cm³/mol. The summed E-state index contributed by atoms with van der Waals surface area (Å²) in [5.41, 5.74) is -1.02. The van der Waals surface area contributed by atoms with Crippen LogP contribution in [0.1, 0.15) is 31.8 Å². The van der Waals surface area contributed by atoms with Crippen molar-refractivity contribution in [1.82, 2.24) is 0 Å². The smallest absolute Gasteiger partial charge is 0.351 e. The van der Waals surface area contributed by atoms with Crippen LogP contribution >= 0.6 is 31.9 Å². The maximum Gasteiger partial charge on any atom is 0.351 e. The van der Waals surface area contributed by atoms with Gasteiger partial charge < -0.3 is 19.0 Å². The molecule has 4 rings (SSSR count). The Balaban J connectivity index is 1.79. The van der Waals surface area contributed by atoms with E-state index in [0.717, 1.165) is 0 Å². The van der Waals surface area contributed by atoms with Crippen LogP contribution < -0.4 is 11.3 Å². The molecule has 0 unspecified atom stereocenters. The third-order valence-corrected chi connectivity index (χ3v) is 6.11. The van der Waals surface area contributed by atoms with Crippen LogP contribution in [0, 0.1) is 0 Å². The Morgan fingerprint density at radius 3 is 1.48 bits per heavy atom. The largest absolute Gasteiger partial charge is 0.506 e. The second-order valence-corrected chi connectivity index (χ2v) is 8.30. The number of hydrogen-bond acceptors (Lipinski definition) is 8. The minimum Gasteiger partial charge on any atom is -0.506 e. The molecule has 0 amide bonds. The SMILES string of the molecule is O=C(CBr)c1c(O)c2cc(Cc3ccc4oc(=O)c(C(=O)CBr)c(O)c4c3)ccc2oc1=O. The molecule has 0 saturated heterocycles. The molecule has 0 aliphatic carbocycles. The number of ketones is 2. The van der Waals surface area contributed by atoms with E-state index in [2.05, 4.69) is 31.9 Å². The van der Waals surface area contributed by atoms with Crippen molar-refractivity contribution in [1.29, 1.82) is 0 Å². The second kappa shape index (κ2) is 8.95. The van der Waals surface area contributed by atoms with E-state index >= 15 is 0 Å². The van der Waals surface area contributed by atoms with Crippen LogP contribution in [0.4, 0.5) is 0 Å². The molecule has 0 aliphatic heterocycles. The lowest BCUT2D eigenvalue weighted by molar-refractivity contribution is 0.100. The molecule has 0 spiro atoms. The molecule has 2 aromatic carbocycles. The molecule has 10 heteroatoms. The molecule has 33 heavy (non-hydrogen) atoms. The molecule has 2 aromatic heterocycles. The van der Waals surface area contributed by atoms with Gasteiger partial charge in [0.1, 0.15) is 33.8 Å². The van der Waals surface area contributed by atoms with E-state index in [9.17, 15) is 29.4 Å². The van der Waals surface area contributed by atoms with Crippen molar-refractivity contribution >= 4 is 65.4 Å². The Hall–Kier alpha value is -3.24. The van der Waals surface area contributed by atoms with Crippen LogP contribution in [0.2, 0.25) is 0 Å². The topological polar surface area (TPSA) is 135 Å². The number of alkyl halides is 2. The van der Waals surface area contributed by atoms with Crippen molar-refractivity contribution in [2.45, 2.75) is 6.42 Å². The van der Waals surface area contributed by atoms with Gasteiger partial charge in [0.15, 0.2) is 11.6 Å². The van der Waals surface area contributed by atoms with E-state index in [0.29, 0.717) is 17.5 Å². The standard InChI is InChI=1S/C23H14Br2O8/c24-8-14(26)18-20(28)12-6-10(1-3-16(12)32-22(18)30)5-11-2-4-17-13(7-11)21(29)19(15(27)9-25)23(31)33-17/h1-4,6-7,28-29H,5,8-9H2. The molecule has 8 nitrogen and oxygen atoms in total. The summed E-state index contributed by atoms with van der Waals surface area (Å²) >= 11 is 5.96. The molecule has 0 radical (unpaired) electrons. The first kappa shape index (κ1) is 22.9. The fraction of sp³-hybridized carbons (Fsp3) is 0.130. The first-order valence-electron chi connectivity index (χ1n) is 9.51. The van der Waals surface area contributed by atoms with Crippen molar-refractivity contribution in [3.63, 3.8) is 0 Å². The van der Waals surface area contributed by atoms with Crippen LogP contribution in [-0.2, 0) is 6.42 Å². The molecule has 2 heterocycles. The highest BCUT2D eigenvalue weighted by molar-refractivity contribution is 9.09. The number of Topliss-reactive ketones (excluding diaryl/α,β-unsaturated/α-hetero) is 2. The third-order valence-electron chi connectivity index (χ3n) is 5.09. The Kier molecular flexibility index (Phi) is 6.22. The number of halogens is 2. The molecule has 0 bridgehead atoms. The molecule has 2 N–H and O–H groups in total. The van der Waals surface area contributed by atoms with E-state index in [1.165, 1.54) is 12.1 Å². The molecule has 4 aromatic rings. The van der Waals surface area contributed by atoms with Gasteiger partial charge in [0.05, 0.1) is 21.4 Å². The van der Waals surface area contributed by atoms with Gasteiger partial charge >= 0.3 is 11.3 Å². The van der Waals surface area contributed by atoms with E-state index < -0.39 is 45.4 Å². The molecule has 168 valence electrons. The summed E-state index contributed by atoms with van der Waals surface area (Å²) in [6.45, 7) is 0. The monoisotopic (exact) mass is 576 g/mol. The van der Waals surface area contributed by atoms with Gasteiger partial charge in [0.2, 0.25) is 0 Å². The third kappa shape index (κ3) is 4.11. The summed E-state index contributed by atoms with van der Waals surface area (Å²) in [5, 5.41) is 21.2. The lowest BCUT2D eigenvalue weighted by atomic mass is 10.00. The Morgan fingerprint density at radius 2 is 1.12 bits per heavy atom. The number of aromatic hydroxyl groups is 2. The number of benzene rings is 2. The van der Waals surface area contributed by atoms with Gasteiger partial charge in [-0.1, -0.05) is 44.0 Å². The Morgan fingerprint density at radius 1 is 0.727 bits per heavy atom. The van der Waals surface area contributed by atoms with E-state index in [4.69, 9.17) is 8.83 Å². The Bertz CT molecular complexity index is 1450. The first-order valence-corrected chi connectivity index (χ1v) is 11.7. The van der Waals surface area contributed by atoms with Crippen molar-refractivity contribution in [2.24, 2.45) is 0 Å². The lowest BCUT2D eigenvalue weighted by Crippen LogP contribution is -2.15. The van der Waals surface area contributed by atoms with Crippen LogP contribution in [-0.4, -0.2) is 32.4 Å². The molecular weight excluding hydrogens is 564 g/mol. The van der Waals surface area contributed by atoms with Gasteiger partial charge in [-0.2, -0.15) is 0 Å². The first-order chi connectivity index (χ1) is 15.7. The minimum absolute atomic E-state index is 0.128. The zero-order valence-corrected chi connectivity index (χ0v) is 19.9. The molecular formula is C23H14Br2O8. The van der Waals surface area contributed by atoms with Crippen LogP contribution in [0.3, 0.4) is 0 Å². The number of rotatable bonds is 6. The molecule has 0 fully saturated rings. The zero-order chi connectivity index (χ0) is 23.9. The van der Waals surface area contributed by atoms with Crippen LogP contribution in [0.15, 0.2) is 54.8 Å². The molecule has 0 aliphatic rings. The minimum atomic E-state index is -0.919. The van der Waals surface area contributed by atoms with Crippen molar-refractivity contribution in [2.75, 3.05) is 10.7 Å². The second-order valence-electron chi connectivity index (χ2n) is 7.18. The maximum absolute atomic E-state index is 12.1. The summed E-state index contributed by atoms with van der Waals surface area (Å²) in [5.74, 6) is -2.12. The van der Waals surface area contributed by atoms with Crippen molar-refractivity contribution in [3.05, 3.63) is 79.5 Å². The Labute approximate surface area is 201 Å². The van der Waals surface area contributed by atoms with E-state index in [1.54, 1.807) is 24.3 Å². The fourth-order valence-electron chi connectivity index (χ4n) is 3.55. The number of fused-ring (bicyclic) bond motifs is 2. The fourth-order valence-corrected chi connectivity index (χ4v) is 4.11. The highest BCUT2D eigenvalue weighted by atomic mass is 79.9. The van der Waals surface area contributed by atoms with Crippen molar-refractivity contribution < 1.29 is 28.6 Å². The van der Waals surface area contributed by atoms with Gasteiger partial charge in [-0.05, 0) is 41.8 Å². The van der Waals surface area contributed by atoms with E-state index in [1.807, 2.05) is 0 Å². The number of hydrogen-bond donors (Lipinski definition) is 2. The quantitative estimate of drug-likeness (QED) is 0.199. The predicted octanol–water partition coefficient (Wildman–Crippen LogP) is 4.06. The normalized spacial score (nSPS) is 11.2. The average molecular weight is 578 g/mol. The van der Waals surface area contributed by atoms with Gasteiger partial charge in [0.25, 0.3) is 0 Å². The highest BCUT2D eigenvalue weighted by Gasteiger charge is 2.21. The lowest BCUT2D eigenvalue weighted by Gasteiger charge is -2.09. The highest BCUT2D eigenvalue weighted by Crippen LogP contribution is 2.31. The zero-order valence-electron chi connectivity index (χ0n) is 16.7. The summed E-state index contributed by atoms with van der Waals surface area (Å²) in [4.78, 5) is 48.1. The van der Waals surface area contributed by atoms with Crippen molar-refractivity contribution in [3.8, 4) is 11.5 Å². The number of carbonyl (C=O) groups excluding carboxylic acids is 2. The van der Waals surface area contributed by atoms with Gasteiger partial charge in [-0.3, -0.25) is 9.59 Å². The summed E-state index contributed by atoms with van der Waals surface area (Å²) in [7, 11) is 0. The van der Waals surface area contributed by atoms with Crippen LogP contribution in [0.5, 0.6) is 11.5 Å². The van der Waals surface area contributed by atoms with Gasteiger partial charge in [0, 0.05) is 0 Å². The van der Waals surface area contributed by atoms with Crippen LogP contribution in [0.25, 0.3) is 21.9 Å². The average Bonchev–Trinajstić information content (AvgIpc) is 2.79. The summed E-state index contributed by atoms with van der Waals surface area (Å²) in [6.07, 6.45) is 0.326. The molecule has 0 atom stereocenters. The van der Waals surface area contributed by atoms with E-state index in [-0.39, 0.29) is 32.6 Å². The summed E-state index contributed by atoms with van der Waals surface area (Å²) < 4.78 is 10.3. The molecule has 0 saturated carbocycles.